The third-order valence-electron chi connectivity index (χ3n) is 27.8. The van der Waals surface area contributed by atoms with Crippen molar-refractivity contribution in [2.45, 2.75) is 387 Å². The molecule has 0 amide bonds. The second kappa shape index (κ2) is 31.8. The van der Waals surface area contributed by atoms with Crippen LogP contribution in [0.4, 0.5) is 0 Å². The molecule has 0 aliphatic heterocycles. The molecule has 2 heteroatoms. The van der Waals surface area contributed by atoms with Gasteiger partial charge in [-0.1, -0.05) is 220 Å². The van der Waals surface area contributed by atoms with Crippen molar-refractivity contribution in [1.82, 2.24) is 0 Å². The number of carbonyl (C=O) groups is 2. The molecule has 0 bridgehead atoms. The third kappa shape index (κ3) is 16.5. The Kier molecular flexibility index (Phi) is 25.4. The van der Waals surface area contributed by atoms with E-state index in [-0.39, 0.29) is 21.7 Å². The van der Waals surface area contributed by atoms with Crippen molar-refractivity contribution in [3.63, 3.8) is 0 Å². The summed E-state index contributed by atoms with van der Waals surface area (Å²) >= 11 is 0. The molecule has 0 heterocycles. The van der Waals surface area contributed by atoms with Gasteiger partial charge in [-0.15, -0.1) is 0 Å². The van der Waals surface area contributed by atoms with Gasteiger partial charge in [-0.2, -0.15) is 0 Å². The van der Waals surface area contributed by atoms with E-state index >= 15 is 0 Å². The molecular weight excluding hydrogens is 969 g/mol. The van der Waals surface area contributed by atoms with Gasteiger partial charge in [0.25, 0.3) is 0 Å². The smallest absolute Gasteiger partial charge is 0.145 e. The van der Waals surface area contributed by atoms with Crippen molar-refractivity contribution in [2.75, 3.05) is 0 Å². The Morgan fingerprint density at radius 1 is 0.237 bits per heavy atom. The highest BCUT2D eigenvalue weighted by atomic mass is 16.1. The summed E-state index contributed by atoms with van der Waals surface area (Å²) in [6.07, 6.45) is 79.4. The van der Waals surface area contributed by atoms with Crippen LogP contribution in [0.15, 0.2) is 0 Å². The fourth-order valence-corrected chi connectivity index (χ4v) is 22.4. The molecule has 0 N–H and O–H groups in total. The average Bonchev–Trinajstić information content (AvgIpc) is 3.70. The molecule has 0 atom stereocenters. The molecule has 0 aromatic rings. The van der Waals surface area contributed by atoms with Crippen molar-refractivity contribution in [1.29, 1.82) is 0 Å². The van der Waals surface area contributed by atoms with Crippen LogP contribution in [0.2, 0.25) is 0 Å². The number of unbranched alkanes of at least 4 members (excludes halogenated alkanes) is 14. The maximum atomic E-state index is 13.9. The zero-order valence-corrected chi connectivity index (χ0v) is 54.3. The Bertz CT molecular complexity index is 1600. The first-order valence-corrected chi connectivity index (χ1v) is 38.2. The minimum absolute atomic E-state index is 0.133. The van der Waals surface area contributed by atoms with Gasteiger partial charge in [0.2, 0.25) is 0 Å². The quantitative estimate of drug-likeness (QED) is 0.0809. The molecule has 10 aliphatic carbocycles. The fraction of sp³-hybridized carbons (Fsp3) is 0.974. The van der Waals surface area contributed by atoms with Crippen LogP contribution >= 0.6 is 0 Å². The molecule has 10 rings (SSSR count). The van der Waals surface area contributed by atoms with Crippen LogP contribution in [0.25, 0.3) is 0 Å². The summed E-state index contributed by atoms with van der Waals surface area (Å²) < 4.78 is 0. The molecule has 460 valence electrons. The molecule has 0 saturated heterocycles. The molecule has 10 fully saturated rings. The van der Waals surface area contributed by atoms with Gasteiger partial charge in [0.1, 0.15) is 11.6 Å². The van der Waals surface area contributed by atoms with E-state index in [2.05, 4.69) is 27.7 Å². The molecule has 0 aromatic heterocycles. The number of carbonyl (C=O) groups excluding carboxylic acids is 2. The highest BCUT2D eigenvalue weighted by Crippen LogP contribution is 2.67. The summed E-state index contributed by atoms with van der Waals surface area (Å²) in [7, 11) is 0. The van der Waals surface area contributed by atoms with Crippen LogP contribution in [0.3, 0.4) is 0 Å². The summed E-state index contributed by atoms with van der Waals surface area (Å²) in [5, 5.41) is 0. The van der Waals surface area contributed by atoms with Crippen molar-refractivity contribution < 1.29 is 9.59 Å². The highest BCUT2D eigenvalue weighted by Gasteiger charge is 2.65. The standard InChI is InChI=1S/C40H70O.C38H66O/c1-3-5-7-9-11-13-32-15-19-34(20-16-32)36-23-27-39(28-24-36)31-40(38(39)41)29-25-37(26-30-40)35-21-17-33(18-22-35)14-12-10-8-6-4-2;1-3-5-7-9-11-30-13-17-32(18-14-30)34-21-25-37(26-22-34)29-38(36(37)39)27-23-35(24-28-38)33-19-15-31(16-20-33)12-10-8-6-4-2/h32-37H,3-31H2,1-2H3;30-35H,3-29H2,1-2H3/t32-,33-,34-,35-,36?,37?,39?,40?;30-,31-,32-,33-,34?,35?,37?,38?. The van der Waals surface area contributed by atoms with Crippen molar-refractivity contribution >= 4 is 11.6 Å². The summed E-state index contributed by atoms with van der Waals surface area (Å²) in [6, 6.07) is 0. The molecule has 4 spiro atoms. The summed E-state index contributed by atoms with van der Waals surface area (Å²) in [4.78, 5) is 27.8. The van der Waals surface area contributed by atoms with Crippen LogP contribution < -0.4 is 0 Å². The number of hydrogen-bond donors (Lipinski definition) is 0. The van der Waals surface area contributed by atoms with Gasteiger partial charge < -0.3 is 0 Å². The van der Waals surface area contributed by atoms with Crippen molar-refractivity contribution in [2.24, 2.45) is 92.7 Å². The van der Waals surface area contributed by atoms with Crippen LogP contribution in [-0.4, -0.2) is 11.6 Å². The lowest BCUT2D eigenvalue weighted by Gasteiger charge is -2.60. The molecular formula is C78H136O2. The van der Waals surface area contributed by atoms with Gasteiger partial charge in [-0.05, 0) is 238 Å². The van der Waals surface area contributed by atoms with Gasteiger partial charge in [0.05, 0.1) is 0 Å². The maximum Gasteiger partial charge on any atom is 0.145 e. The van der Waals surface area contributed by atoms with E-state index in [1.807, 2.05) is 0 Å². The summed E-state index contributed by atoms with van der Waals surface area (Å²) in [5.41, 5.74) is 0.535. The van der Waals surface area contributed by atoms with Crippen LogP contribution in [0, 0.1) is 92.7 Å². The number of rotatable bonds is 26. The molecule has 10 aliphatic rings. The van der Waals surface area contributed by atoms with E-state index in [1.54, 1.807) is 0 Å². The Labute approximate surface area is 498 Å². The maximum absolute atomic E-state index is 13.9. The fourth-order valence-electron chi connectivity index (χ4n) is 22.4. The molecule has 80 heavy (non-hydrogen) atoms. The zero-order chi connectivity index (χ0) is 55.7. The SMILES string of the molecule is CCCCCCC[C@H]1CC[C@H](C2CCC3(CC2)CC2(CCC([C@H]4CC[C@H](CCCCCCC)CC4)CC2)C3=O)CC1.CCCCCC[C@H]1CC[C@H](C2CCC3(CC2)CC2(CCC([C@H]4CC[C@H](CCCCCC)CC4)CC2)C3=O)CC1. The second-order valence-electron chi connectivity index (χ2n) is 32.7. The van der Waals surface area contributed by atoms with E-state index in [9.17, 15) is 9.59 Å². The minimum atomic E-state index is 0.133. The lowest BCUT2D eigenvalue weighted by Crippen LogP contribution is -2.60. The second-order valence-corrected chi connectivity index (χ2v) is 32.7. The number of Topliss-reactive ketones (excluding diaryl/α,β-unsaturated/α-hetero) is 2. The van der Waals surface area contributed by atoms with E-state index in [0.29, 0.717) is 0 Å². The Balaban J connectivity index is 0.000000194. The molecule has 2 nitrogen and oxygen atoms in total. The predicted molar refractivity (Wildman–Crippen MR) is 343 cm³/mol. The molecule has 0 radical (unpaired) electrons. The van der Waals surface area contributed by atoms with Gasteiger partial charge in [0, 0.05) is 21.7 Å². The molecule has 0 unspecified atom stereocenters. The summed E-state index contributed by atoms with van der Waals surface area (Å²) in [6.45, 7) is 9.28. The Morgan fingerprint density at radius 2 is 0.412 bits per heavy atom. The largest absolute Gasteiger partial charge is 0.298 e. The van der Waals surface area contributed by atoms with Gasteiger partial charge in [-0.25, -0.2) is 0 Å². The lowest BCUT2D eigenvalue weighted by molar-refractivity contribution is -0.170. The lowest BCUT2D eigenvalue weighted by atomic mass is 9.42. The van der Waals surface area contributed by atoms with Crippen LogP contribution in [0.5, 0.6) is 0 Å². The molecule has 10 saturated carbocycles. The molecule has 0 aromatic carbocycles. The van der Waals surface area contributed by atoms with Crippen molar-refractivity contribution in [3.05, 3.63) is 0 Å². The number of ketones is 2. The topological polar surface area (TPSA) is 34.1 Å². The van der Waals surface area contributed by atoms with Crippen molar-refractivity contribution in [3.8, 4) is 0 Å². The van der Waals surface area contributed by atoms with Gasteiger partial charge in [-0.3, -0.25) is 9.59 Å². The Morgan fingerprint density at radius 3 is 0.600 bits per heavy atom. The average molecular weight is 1110 g/mol. The highest BCUT2D eigenvalue weighted by molar-refractivity contribution is 5.97. The number of hydrogen-bond acceptors (Lipinski definition) is 2. The van der Waals surface area contributed by atoms with Crippen LogP contribution in [-0.2, 0) is 9.59 Å². The van der Waals surface area contributed by atoms with Crippen LogP contribution in [0.1, 0.15) is 387 Å². The monoisotopic (exact) mass is 1110 g/mol. The van der Waals surface area contributed by atoms with Gasteiger partial charge in [0.15, 0.2) is 0 Å². The van der Waals surface area contributed by atoms with E-state index in [1.165, 1.54) is 360 Å². The van der Waals surface area contributed by atoms with E-state index < -0.39 is 0 Å². The minimum Gasteiger partial charge on any atom is -0.298 e. The predicted octanol–water partition coefficient (Wildman–Crippen LogP) is 24.5. The first kappa shape index (κ1) is 63.8. The third-order valence-corrected chi connectivity index (χ3v) is 27.8. The first-order valence-electron chi connectivity index (χ1n) is 38.2. The van der Waals surface area contributed by atoms with E-state index in [0.717, 1.165) is 82.6 Å². The van der Waals surface area contributed by atoms with Gasteiger partial charge >= 0.3 is 0 Å². The Hall–Kier alpha value is -0.660. The first-order chi connectivity index (χ1) is 39.1. The van der Waals surface area contributed by atoms with E-state index in [4.69, 9.17) is 0 Å². The zero-order valence-electron chi connectivity index (χ0n) is 54.3. The summed E-state index contributed by atoms with van der Waals surface area (Å²) in [5.74, 6) is 13.4. The normalized spacial score (nSPS) is 40.4.